The Morgan fingerprint density at radius 1 is 1.14 bits per heavy atom. The molecule has 1 saturated heterocycles. The molecule has 0 unspecified atom stereocenters. The second kappa shape index (κ2) is 8.52. The predicted octanol–water partition coefficient (Wildman–Crippen LogP) is 0.833. The Kier molecular flexibility index (Phi) is 5.84. The number of anilines is 1. The summed E-state index contributed by atoms with van der Waals surface area (Å²) in [6.07, 6.45) is 0. The lowest BCUT2D eigenvalue weighted by Gasteiger charge is -2.33. The average Bonchev–Trinajstić information content (AvgIpc) is 3.31. The second-order valence-corrected chi connectivity index (χ2v) is 7.95. The third-order valence-corrected chi connectivity index (χ3v) is 6.10. The Hall–Kier alpha value is -2.43. The van der Waals surface area contributed by atoms with Crippen LogP contribution in [0.4, 0.5) is 10.2 Å². The zero-order valence-electron chi connectivity index (χ0n) is 15.8. The highest BCUT2D eigenvalue weighted by molar-refractivity contribution is 7.98. The average molecular weight is 419 g/mol. The summed E-state index contributed by atoms with van der Waals surface area (Å²) in [5, 5.41) is 16.3. The van der Waals surface area contributed by atoms with Gasteiger partial charge < -0.3 is 15.3 Å². The number of hydrogen-bond donors (Lipinski definition) is 2. The Balaban J connectivity index is 1.51. The molecule has 0 saturated carbocycles. The second-order valence-electron chi connectivity index (χ2n) is 6.97. The maximum atomic E-state index is 13.3. The van der Waals surface area contributed by atoms with Crippen LogP contribution in [0.3, 0.4) is 0 Å². The van der Waals surface area contributed by atoms with E-state index in [9.17, 15) is 14.0 Å². The van der Waals surface area contributed by atoms with E-state index in [1.165, 1.54) is 17.0 Å². The third-order valence-electron chi connectivity index (χ3n) is 5.12. The number of fused-ring (bicyclic) bond motifs is 1. The van der Waals surface area contributed by atoms with Crippen molar-refractivity contribution < 1.29 is 19.1 Å². The van der Waals surface area contributed by atoms with Crippen molar-refractivity contribution in [1.82, 2.24) is 19.6 Å². The number of rotatable bonds is 4. The first kappa shape index (κ1) is 19.9. The van der Waals surface area contributed by atoms with Crippen molar-refractivity contribution >= 4 is 29.4 Å². The minimum Gasteiger partial charge on any atom is -0.395 e. The highest BCUT2D eigenvalue weighted by atomic mass is 32.2. The van der Waals surface area contributed by atoms with E-state index >= 15 is 0 Å². The molecule has 2 aliphatic heterocycles. The van der Waals surface area contributed by atoms with Crippen LogP contribution in [-0.4, -0.2) is 75.8 Å². The van der Waals surface area contributed by atoms with Gasteiger partial charge in [-0.15, -0.1) is 0 Å². The van der Waals surface area contributed by atoms with Crippen molar-refractivity contribution in [3.8, 4) is 5.69 Å². The summed E-state index contributed by atoms with van der Waals surface area (Å²) in [6.45, 7) is 2.77. The van der Waals surface area contributed by atoms with Gasteiger partial charge >= 0.3 is 11.8 Å². The zero-order chi connectivity index (χ0) is 20.4. The molecule has 1 aromatic heterocycles. The number of nitrogens with zero attached hydrogens (tertiary/aromatic N) is 4. The lowest BCUT2D eigenvalue weighted by Crippen LogP contribution is -2.52. The first-order chi connectivity index (χ1) is 14.1. The van der Waals surface area contributed by atoms with E-state index in [2.05, 4.69) is 15.3 Å². The summed E-state index contributed by atoms with van der Waals surface area (Å²) in [6, 6.07) is 5.84. The number of thioether (sulfide) groups is 1. The number of benzene rings is 1. The molecule has 0 aliphatic carbocycles. The van der Waals surface area contributed by atoms with Crippen LogP contribution >= 0.6 is 11.8 Å². The molecule has 1 aromatic carbocycles. The Morgan fingerprint density at radius 2 is 1.86 bits per heavy atom. The van der Waals surface area contributed by atoms with Crippen LogP contribution in [0, 0.1) is 5.82 Å². The number of carbonyl (C=O) groups excluding carboxylic acids is 2. The van der Waals surface area contributed by atoms with Crippen LogP contribution in [0.15, 0.2) is 24.3 Å². The molecule has 154 valence electrons. The molecule has 0 spiro atoms. The molecule has 2 N–H and O–H groups in total. The van der Waals surface area contributed by atoms with Crippen LogP contribution in [0.2, 0.25) is 0 Å². The lowest BCUT2D eigenvalue weighted by atomic mass is 10.2. The van der Waals surface area contributed by atoms with Crippen LogP contribution in [0.5, 0.6) is 0 Å². The number of carbonyl (C=O) groups is 2. The molecule has 29 heavy (non-hydrogen) atoms. The molecule has 4 rings (SSSR count). The molecular formula is C19H22FN5O3S. The number of aliphatic hydroxyl groups excluding tert-OH is 1. The molecule has 10 heteroatoms. The quantitative estimate of drug-likeness (QED) is 0.714. The maximum absolute atomic E-state index is 13.3. The normalized spacial score (nSPS) is 16.7. The van der Waals surface area contributed by atoms with E-state index in [0.29, 0.717) is 50.0 Å². The number of β-amino-alcohol motifs (C(OH)–C–C–N with tert-alkyl or cyclic N) is 1. The van der Waals surface area contributed by atoms with E-state index in [1.54, 1.807) is 28.6 Å². The van der Waals surface area contributed by atoms with Crippen molar-refractivity contribution in [3.05, 3.63) is 41.3 Å². The van der Waals surface area contributed by atoms with Gasteiger partial charge in [-0.2, -0.15) is 16.9 Å². The third kappa shape index (κ3) is 4.14. The van der Waals surface area contributed by atoms with Gasteiger partial charge in [-0.25, -0.2) is 9.07 Å². The lowest BCUT2D eigenvalue weighted by molar-refractivity contribution is -0.144. The number of nitrogens with one attached hydrogen (secondary N) is 1. The van der Waals surface area contributed by atoms with Crippen molar-refractivity contribution in [2.75, 3.05) is 44.6 Å². The van der Waals surface area contributed by atoms with Gasteiger partial charge in [0.25, 0.3) is 0 Å². The molecule has 2 aromatic rings. The van der Waals surface area contributed by atoms with Gasteiger partial charge in [-0.05, 0) is 24.3 Å². The van der Waals surface area contributed by atoms with Gasteiger partial charge in [0.15, 0.2) is 0 Å². The van der Waals surface area contributed by atoms with E-state index in [-0.39, 0.29) is 12.4 Å². The summed E-state index contributed by atoms with van der Waals surface area (Å²) in [7, 11) is 0. The number of hydrogen-bond acceptors (Lipinski definition) is 6. The molecule has 1 fully saturated rings. The van der Waals surface area contributed by atoms with Crippen molar-refractivity contribution in [3.63, 3.8) is 0 Å². The predicted molar refractivity (Wildman–Crippen MR) is 107 cm³/mol. The number of aliphatic hydroxyl groups is 1. The molecule has 3 heterocycles. The first-order valence-electron chi connectivity index (χ1n) is 9.44. The number of piperazine rings is 1. The summed E-state index contributed by atoms with van der Waals surface area (Å²) in [4.78, 5) is 28.9. The Bertz CT molecular complexity index is 909. The monoisotopic (exact) mass is 419 g/mol. The largest absolute Gasteiger partial charge is 0.395 e. The number of halogens is 1. The molecule has 0 radical (unpaired) electrons. The summed E-state index contributed by atoms with van der Waals surface area (Å²) < 4.78 is 14.9. The number of amides is 2. The highest BCUT2D eigenvalue weighted by Gasteiger charge is 2.30. The van der Waals surface area contributed by atoms with E-state index in [0.717, 1.165) is 17.0 Å². The first-order valence-corrected chi connectivity index (χ1v) is 10.6. The number of aromatic nitrogens is 2. The minimum atomic E-state index is -0.705. The summed E-state index contributed by atoms with van der Waals surface area (Å²) >= 11 is 1.69. The fraction of sp³-hybridized carbons (Fsp3) is 0.421. The highest BCUT2D eigenvalue weighted by Crippen LogP contribution is 2.36. The summed E-state index contributed by atoms with van der Waals surface area (Å²) in [5.41, 5.74) is 2.37. The van der Waals surface area contributed by atoms with Gasteiger partial charge in [-0.1, -0.05) is 0 Å². The van der Waals surface area contributed by atoms with Crippen LogP contribution < -0.4 is 5.32 Å². The molecular weight excluding hydrogens is 397 g/mol. The van der Waals surface area contributed by atoms with Crippen molar-refractivity contribution in [2.45, 2.75) is 11.5 Å². The Morgan fingerprint density at radius 3 is 2.55 bits per heavy atom. The van der Waals surface area contributed by atoms with E-state index < -0.39 is 11.8 Å². The van der Waals surface area contributed by atoms with Crippen molar-refractivity contribution in [2.24, 2.45) is 0 Å². The summed E-state index contributed by atoms with van der Waals surface area (Å²) in [5.74, 6) is 0.246. The molecule has 0 bridgehead atoms. The standard InChI is InChI=1S/C19H22FN5O3S/c20-13-1-3-14(4-2-13)25-17(15-11-29-12-16(15)22-25)21-18(27)19(28)24-7-5-23(6-8-24)9-10-26/h1-4,26H,5-12H2,(H,21,27). The van der Waals surface area contributed by atoms with Gasteiger partial charge in [0.1, 0.15) is 11.6 Å². The van der Waals surface area contributed by atoms with Gasteiger partial charge in [-0.3, -0.25) is 14.5 Å². The van der Waals surface area contributed by atoms with E-state index in [4.69, 9.17) is 5.11 Å². The molecule has 0 atom stereocenters. The minimum absolute atomic E-state index is 0.0743. The Labute approximate surface area is 171 Å². The molecule has 8 nitrogen and oxygen atoms in total. The van der Waals surface area contributed by atoms with Gasteiger partial charge in [0.05, 0.1) is 18.0 Å². The smallest absolute Gasteiger partial charge is 0.315 e. The maximum Gasteiger partial charge on any atom is 0.315 e. The van der Waals surface area contributed by atoms with Crippen molar-refractivity contribution in [1.29, 1.82) is 0 Å². The molecule has 2 aliphatic rings. The van der Waals surface area contributed by atoms with E-state index in [1.807, 2.05) is 0 Å². The SMILES string of the molecule is O=C(Nc1c2c(nn1-c1ccc(F)cc1)CSC2)C(=O)N1CCN(CCO)CC1. The van der Waals surface area contributed by atoms with Gasteiger partial charge in [0, 0.05) is 49.8 Å². The van der Waals surface area contributed by atoms with Crippen LogP contribution in [0.1, 0.15) is 11.3 Å². The fourth-order valence-corrected chi connectivity index (χ4v) is 4.57. The molecule has 2 amide bonds. The zero-order valence-corrected chi connectivity index (χ0v) is 16.6. The topological polar surface area (TPSA) is 90.7 Å². The van der Waals surface area contributed by atoms with Crippen LogP contribution in [0.25, 0.3) is 5.69 Å². The van der Waals surface area contributed by atoms with Gasteiger partial charge in [0.2, 0.25) is 0 Å². The van der Waals surface area contributed by atoms with Crippen LogP contribution in [-0.2, 0) is 21.1 Å². The fourth-order valence-electron chi connectivity index (χ4n) is 3.53.